The Morgan fingerprint density at radius 1 is 1.37 bits per heavy atom. The number of nitrogens with zero attached hydrogens (tertiary/aromatic N) is 2. The van der Waals surface area contributed by atoms with Crippen molar-refractivity contribution in [3.8, 4) is 5.75 Å². The second kappa shape index (κ2) is 9.92. The number of rotatable bonds is 6. The van der Waals surface area contributed by atoms with Crippen molar-refractivity contribution >= 4 is 79.1 Å². The monoisotopic (exact) mass is 604 g/mol. The lowest BCUT2D eigenvalue weighted by molar-refractivity contribution is -0.139. The molecule has 6 nitrogen and oxygen atoms in total. The number of ether oxygens (including phenoxy) is 1. The molecule has 2 aromatic rings. The van der Waals surface area contributed by atoms with Crippen molar-refractivity contribution < 1.29 is 23.8 Å². The molecule has 1 aliphatic rings. The van der Waals surface area contributed by atoms with Gasteiger partial charge in [-0.2, -0.15) is 0 Å². The third kappa shape index (κ3) is 5.41. The average Bonchev–Trinajstić information content (AvgIpc) is 2.97. The molecule has 3 rings (SSSR count). The van der Waals surface area contributed by atoms with Crippen molar-refractivity contribution in [2.45, 2.75) is 6.92 Å². The third-order valence-corrected chi connectivity index (χ3v) is 6.14. The van der Waals surface area contributed by atoms with Gasteiger partial charge in [0, 0.05) is 15.7 Å². The Bertz CT molecular complexity index is 1060. The summed E-state index contributed by atoms with van der Waals surface area (Å²) >= 11 is 6.71. The van der Waals surface area contributed by atoms with E-state index in [1.807, 2.05) is 6.92 Å². The largest absolute Gasteiger partial charge is 0.480 e. The Morgan fingerprint density at radius 3 is 2.70 bits per heavy atom. The van der Waals surface area contributed by atoms with E-state index in [0.717, 1.165) is 3.57 Å². The standard InChI is InChI=1S/C20H15BrFIN2O4S/c1-2-25-19(28)16(30-20(25)24-14-5-3-12(22)4-6-14)8-11-7-13(23)9-15(21)18(11)29-10-17(26)27/h3-9H,2,10H2,1H3,(H,26,27)/b16-8+,24-20?. The van der Waals surface area contributed by atoms with E-state index in [9.17, 15) is 14.0 Å². The van der Waals surface area contributed by atoms with Gasteiger partial charge in [0.2, 0.25) is 0 Å². The van der Waals surface area contributed by atoms with Crippen molar-refractivity contribution in [3.05, 3.63) is 60.7 Å². The molecule has 1 saturated heterocycles. The summed E-state index contributed by atoms with van der Waals surface area (Å²) in [7, 11) is 0. The van der Waals surface area contributed by atoms with Gasteiger partial charge in [-0.05, 0) is 99.7 Å². The fourth-order valence-electron chi connectivity index (χ4n) is 2.61. The van der Waals surface area contributed by atoms with E-state index in [1.165, 1.54) is 40.9 Å². The van der Waals surface area contributed by atoms with Gasteiger partial charge in [-0.3, -0.25) is 9.69 Å². The number of hydrogen-bond donors (Lipinski definition) is 1. The Morgan fingerprint density at radius 2 is 2.07 bits per heavy atom. The summed E-state index contributed by atoms with van der Waals surface area (Å²) in [6, 6.07) is 9.29. The van der Waals surface area contributed by atoms with E-state index in [1.54, 1.807) is 18.2 Å². The molecule has 0 aromatic heterocycles. The highest BCUT2D eigenvalue weighted by Gasteiger charge is 2.32. The first-order valence-electron chi connectivity index (χ1n) is 8.67. The predicted octanol–water partition coefficient (Wildman–Crippen LogP) is 5.28. The summed E-state index contributed by atoms with van der Waals surface area (Å²) in [5, 5.41) is 9.42. The molecule has 1 aliphatic heterocycles. The lowest BCUT2D eigenvalue weighted by atomic mass is 10.2. The molecule has 0 bridgehead atoms. The number of carboxylic acids is 1. The summed E-state index contributed by atoms with van der Waals surface area (Å²) in [6.07, 6.45) is 1.66. The molecule has 0 unspecified atom stereocenters. The highest BCUT2D eigenvalue weighted by molar-refractivity contribution is 14.1. The van der Waals surface area contributed by atoms with Crippen molar-refractivity contribution in [1.29, 1.82) is 0 Å². The van der Waals surface area contributed by atoms with E-state index in [2.05, 4.69) is 43.5 Å². The number of carboxylic acid groups (broad SMARTS) is 1. The molecule has 0 radical (unpaired) electrons. The summed E-state index contributed by atoms with van der Waals surface area (Å²) in [5.41, 5.74) is 1.11. The molecule has 156 valence electrons. The first-order valence-corrected chi connectivity index (χ1v) is 11.4. The molecular formula is C20H15BrFIN2O4S. The van der Waals surface area contributed by atoms with Gasteiger partial charge in [0.25, 0.3) is 5.91 Å². The van der Waals surface area contributed by atoms with Crippen LogP contribution in [0.1, 0.15) is 12.5 Å². The van der Waals surface area contributed by atoms with Crippen LogP contribution >= 0.6 is 50.3 Å². The second-order valence-corrected chi connectivity index (χ2v) is 9.13. The van der Waals surface area contributed by atoms with E-state index in [4.69, 9.17) is 9.84 Å². The Hall–Kier alpha value is -1.92. The molecule has 0 spiro atoms. The van der Waals surface area contributed by atoms with Crippen LogP contribution < -0.4 is 4.74 Å². The van der Waals surface area contributed by atoms with Crippen LogP contribution in [0.4, 0.5) is 10.1 Å². The minimum atomic E-state index is -1.10. The number of carbonyl (C=O) groups is 2. The van der Waals surface area contributed by atoms with Gasteiger partial charge in [-0.25, -0.2) is 14.2 Å². The number of carbonyl (C=O) groups excluding carboxylic acids is 1. The normalized spacial score (nSPS) is 16.5. The number of amidine groups is 1. The number of halogens is 3. The minimum absolute atomic E-state index is 0.220. The minimum Gasteiger partial charge on any atom is -0.480 e. The van der Waals surface area contributed by atoms with Gasteiger partial charge in [0.05, 0.1) is 15.1 Å². The number of hydrogen-bond acceptors (Lipinski definition) is 5. The van der Waals surface area contributed by atoms with Crippen LogP contribution in [0.2, 0.25) is 0 Å². The van der Waals surface area contributed by atoms with Crippen LogP contribution in [-0.4, -0.2) is 40.2 Å². The SMILES string of the molecule is CCN1C(=O)/C(=C\c2cc(I)cc(Br)c2OCC(=O)O)SC1=Nc1ccc(F)cc1. The molecule has 10 heteroatoms. The summed E-state index contributed by atoms with van der Waals surface area (Å²) in [6.45, 7) is 1.75. The molecule has 0 atom stereocenters. The van der Waals surface area contributed by atoms with Gasteiger partial charge >= 0.3 is 5.97 Å². The van der Waals surface area contributed by atoms with Gasteiger partial charge in [-0.1, -0.05) is 0 Å². The Balaban J connectivity index is 1.98. The first-order chi connectivity index (χ1) is 14.3. The van der Waals surface area contributed by atoms with E-state index in [0.29, 0.717) is 38.1 Å². The molecule has 1 N–H and O–H groups in total. The smallest absolute Gasteiger partial charge is 0.341 e. The van der Waals surface area contributed by atoms with Gasteiger partial charge in [-0.15, -0.1) is 0 Å². The zero-order valence-corrected chi connectivity index (χ0v) is 20.1. The van der Waals surface area contributed by atoms with Crippen molar-refractivity contribution in [3.63, 3.8) is 0 Å². The highest BCUT2D eigenvalue weighted by Crippen LogP contribution is 2.38. The predicted molar refractivity (Wildman–Crippen MR) is 126 cm³/mol. The van der Waals surface area contributed by atoms with E-state index >= 15 is 0 Å². The molecule has 0 aliphatic carbocycles. The average molecular weight is 605 g/mol. The maximum atomic E-state index is 13.1. The number of thioether (sulfide) groups is 1. The maximum absolute atomic E-state index is 13.1. The van der Waals surface area contributed by atoms with Gasteiger partial charge in [0.1, 0.15) is 11.6 Å². The van der Waals surface area contributed by atoms with Crippen LogP contribution in [0, 0.1) is 9.39 Å². The third-order valence-electron chi connectivity index (χ3n) is 3.92. The molecule has 2 aromatic carbocycles. The van der Waals surface area contributed by atoms with E-state index < -0.39 is 12.6 Å². The lowest BCUT2D eigenvalue weighted by Gasteiger charge is -2.12. The van der Waals surface area contributed by atoms with Crippen LogP contribution in [0.15, 0.2) is 50.8 Å². The maximum Gasteiger partial charge on any atom is 0.341 e. The lowest BCUT2D eigenvalue weighted by Crippen LogP contribution is -2.28. The number of aliphatic imine (C=N–C) groups is 1. The summed E-state index contributed by atoms with van der Waals surface area (Å²) in [5.74, 6) is -1.34. The van der Waals surface area contributed by atoms with Crippen LogP contribution in [-0.2, 0) is 9.59 Å². The number of amides is 1. The van der Waals surface area contributed by atoms with Gasteiger partial charge in [0.15, 0.2) is 11.8 Å². The van der Waals surface area contributed by atoms with Crippen molar-refractivity contribution in [2.75, 3.05) is 13.2 Å². The van der Waals surface area contributed by atoms with Crippen molar-refractivity contribution in [2.24, 2.45) is 4.99 Å². The molecular weight excluding hydrogens is 590 g/mol. The van der Waals surface area contributed by atoms with Crippen LogP contribution in [0.25, 0.3) is 6.08 Å². The Labute approximate surface area is 198 Å². The first kappa shape index (κ1) is 22.8. The quantitative estimate of drug-likeness (QED) is 0.359. The number of benzene rings is 2. The Kier molecular flexibility index (Phi) is 7.53. The number of likely N-dealkylation sites (N-methyl/N-ethyl adjacent to an activating group) is 1. The second-order valence-electron chi connectivity index (χ2n) is 6.02. The molecule has 1 fully saturated rings. The summed E-state index contributed by atoms with van der Waals surface area (Å²) < 4.78 is 20.0. The molecule has 1 amide bonds. The van der Waals surface area contributed by atoms with Crippen LogP contribution in [0.5, 0.6) is 5.75 Å². The molecule has 30 heavy (non-hydrogen) atoms. The fraction of sp³-hybridized carbons (Fsp3) is 0.150. The summed E-state index contributed by atoms with van der Waals surface area (Å²) in [4.78, 5) is 30.2. The van der Waals surface area contributed by atoms with E-state index in [-0.39, 0.29) is 11.7 Å². The highest BCUT2D eigenvalue weighted by atomic mass is 127. The molecule has 0 saturated carbocycles. The van der Waals surface area contributed by atoms with Crippen molar-refractivity contribution in [1.82, 2.24) is 4.90 Å². The number of aliphatic carboxylic acids is 1. The molecule has 1 heterocycles. The topological polar surface area (TPSA) is 79.2 Å². The van der Waals surface area contributed by atoms with Gasteiger partial charge < -0.3 is 9.84 Å². The fourth-order valence-corrected chi connectivity index (χ4v) is 5.33. The zero-order valence-electron chi connectivity index (χ0n) is 15.6. The van der Waals surface area contributed by atoms with Crippen LogP contribution in [0.3, 0.4) is 0 Å². The zero-order chi connectivity index (χ0) is 21.8.